The molecular formula is C19H18N4O2S2. The summed E-state index contributed by atoms with van der Waals surface area (Å²) in [5.41, 5.74) is 8.45. The van der Waals surface area contributed by atoms with Crippen molar-refractivity contribution in [2.75, 3.05) is 5.32 Å². The zero-order valence-electron chi connectivity index (χ0n) is 14.9. The molecule has 0 saturated carbocycles. The number of benzene rings is 1. The van der Waals surface area contributed by atoms with Crippen LogP contribution in [0.25, 0.3) is 0 Å². The van der Waals surface area contributed by atoms with Crippen molar-refractivity contribution in [3.63, 3.8) is 0 Å². The molecule has 3 rings (SSSR count). The van der Waals surface area contributed by atoms with Crippen molar-refractivity contribution >= 4 is 40.0 Å². The Morgan fingerprint density at radius 1 is 1.26 bits per heavy atom. The molecule has 0 aliphatic heterocycles. The predicted octanol–water partition coefficient (Wildman–Crippen LogP) is 3.59. The van der Waals surface area contributed by atoms with Crippen molar-refractivity contribution in [2.45, 2.75) is 30.2 Å². The van der Waals surface area contributed by atoms with Gasteiger partial charge in [-0.05, 0) is 43.2 Å². The van der Waals surface area contributed by atoms with E-state index in [1.807, 2.05) is 13.8 Å². The molecule has 2 aromatic heterocycles. The van der Waals surface area contributed by atoms with Crippen molar-refractivity contribution in [1.82, 2.24) is 9.97 Å². The molecule has 1 aromatic carbocycles. The Bertz CT molecular complexity index is 1000. The Morgan fingerprint density at radius 3 is 2.85 bits per heavy atom. The van der Waals surface area contributed by atoms with Crippen molar-refractivity contribution in [1.29, 1.82) is 0 Å². The van der Waals surface area contributed by atoms with Crippen molar-refractivity contribution in [2.24, 2.45) is 5.73 Å². The summed E-state index contributed by atoms with van der Waals surface area (Å²) in [5.74, 6) is -0.756. The Balaban J connectivity index is 1.80. The van der Waals surface area contributed by atoms with E-state index in [0.717, 1.165) is 16.0 Å². The molecule has 0 bridgehead atoms. The van der Waals surface area contributed by atoms with Gasteiger partial charge < -0.3 is 5.73 Å². The monoisotopic (exact) mass is 398 g/mol. The number of hydrogen-bond donors (Lipinski definition) is 2. The van der Waals surface area contributed by atoms with Crippen LogP contribution in [0.5, 0.6) is 0 Å². The molecule has 0 atom stereocenters. The highest BCUT2D eigenvalue weighted by Crippen LogP contribution is 2.32. The van der Waals surface area contributed by atoms with Gasteiger partial charge in [0.15, 0.2) is 5.13 Å². The van der Waals surface area contributed by atoms with E-state index in [2.05, 4.69) is 33.5 Å². The van der Waals surface area contributed by atoms with Crippen LogP contribution in [-0.2, 0) is 11.2 Å². The molecule has 6 nitrogen and oxygen atoms in total. The van der Waals surface area contributed by atoms with Crippen LogP contribution >= 0.6 is 23.1 Å². The third-order valence-corrected chi connectivity index (χ3v) is 5.68. The molecule has 0 spiro atoms. The second-order valence-electron chi connectivity index (χ2n) is 5.97. The van der Waals surface area contributed by atoms with Crippen LogP contribution < -0.4 is 11.1 Å². The van der Waals surface area contributed by atoms with Crippen molar-refractivity contribution in [3.8, 4) is 0 Å². The number of nitrogens with zero attached hydrogens (tertiary/aromatic N) is 2. The number of thiazole rings is 1. The molecule has 0 saturated heterocycles. The number of carbonyl (C=O) groups is 2. The number of nitrogens with one attached hydrogen (secondary N) is 1. The van der Waals surface area contributed by atoms with E-state index >= 15 is 0 Å². The summed E-state index contributed by atoms with van der Waals surface area (Å²) >= 11 is 2.71. The zero-order chi connectivity index (χ0) is 19.4. The van der Waals surface area contributed by atoms with E-state index in [0.29, 0.717) is 21.4 Å². The number of rotatable bonds is 6. The van der Waals surface area contributed by atoms with Gasteiger partial charge in [0.1, 0.15) is 5.03 Å². The third kappa shape index (κ3) is 4.93. The van der Waals surface area contributed by atoms with Gasteiger partial charge in [-0.2, -0.15) is 0 Å². The summed E-state index contributed by atoms with van der Waals surface area (Å²) < 4.78 is 0. The molecule has 8 heteroatoms. The standard InChI is InChI=1S/C19H18N4O2S2/c1-11-5-6-12(2)15(8-11)27-18-14(4-3-7-21-18)17(25)23-19-22-13(10-26-19)9-16(20)24/h3-8,10H,9H2,1-2H3,(H2,20,24)(H,22,23,25). The van der Waals surface area contributed by atoms with Crippen molar-refractivity contribution in [3.05, 3.63) is 64.3 Å². The zero-order valence-corrected chi connectivity index (χ0v) is 16.5. The number of nitrogens with two attached hydrogens (primary N) is 1. The van der Waals surface area contributed by atoms with Gasteiger partial charge in [0.2, 0.25) is 5.91 Å². The first kappa shape index (κ1) is 19.1. The second kappa shape index (κ2) is 8.32. The summed E-state index contributed by atoms with van der Waals surface area (Å²) in [5, 5.41) is 5.51. The van der Waals surface area contributed by atoms with Crippen LogP contribution in [-0.4, -0.2) is 21.8 Å². The maximum atomic E-state index is 12.7. The van der Waals surface area contributed by atoms with E-state index in [4.69, 9.17) is 5.73 Å². The van der Waals surface area contributed by atoms with Crippen LogP contribution in [0.3, 0.4) is 0 Å². The number of pyridine rings is 1. The number of amides is 2. The third-order valence-electron chi connectivity index (χ3n) is 3.69. The predicted molar refractivity (Wildman–Crippen MR) is 107 cm³/mol. The lowest BCUT2D eigenvalue weighted by molar-refractivity contribution is -0.117. The van der Waals surface area contributed by atoms with Gasteiger partial charge in [0.25, 0.3) is 5.91 Å². The Hall–Kier alpha value is -2.71. The van der Waals surface area contributed by atoms with Gasteiger partial charge in [-0.15, -0.1) is 11.3 Å². The van der Waals surface area contributed by atoms with Crippen LogP contribution in [0.1, 0.15) is 27.2 Å². The van der Waals surface area contributed by atoms with Gasteiger partial charge in [-0.25, -0.2) is 9.97 Å². The molecule has 0 aliphatic carbocycles. The SMILES string of the molecule is Cc1ccc(C)c(Sc2ncccc2C(=O)Nc2nc(CC(N)=O)cs2)c1. The fraction of sp³-hybridized carbons (Fsp3) is 0.158. The molecule has 27 heavy (non-hydrogen) atoms. The van der Waals surface area contributed by atoms with Gasteiger partial charge >= 0.3 is 0 Å². The Kier molecular flexibility index (Phi) is 5.88. The lowest BCUT2D eigenvalue weighted by atomic mass is 10.2. The molecule has 3 aromatic rings. The maximum Gasteiger partial charge on any atom is 0.260 e. The highest BCUT2D eigenvalue weighted by atomic mass is 32.2. The first-order valence-corrected chi connectivity index (χ1v) is 9.86. The van der Waals surface area contributed by atoms with Crippen LogP contribution in [0.2, 0.25) is 0 Å². The first-order valence-electron chi connectivity index (χ1n) is 8.16. The van der Waals surface area contributed by atoms with Gasteiger partial charge in [0.05, 0.1) is 17.7 Å². The molecule has 0 aliphatic rings. The number of carbonyl (C=O) groups excluding carboxylic acids is 2. The lowest BCUT2D eigenvalue weighted by Crippen LogP contribution is -2.15. The van der Waals surface area contributed by atoms with Crippen LogP contribution in [0, 0.1) is 13.8 Å². The average molecular weight is 399 g/mol. The topological polar surface area (TPSA) is 98.0 Å². The molecular weight excluding hydrogens is 380 g/mol. The number of anilines is 1. The van der Waals surface area contributed by atoms with Gasteiger partial charge in [-0.3, -0.25) is 14.9 Å². The minimum Gasteiger partial charge on any atom is -0.369 e. The Morgan fingerprint density at radius 2 is 2.07 bits per heavy atom. The number of hydrogen-bond acceptors (Lipinski definition) is 6. The summed E-state index contributed by atoms with van der Waals surface area (Å²) in [6, 6.07) is 9.64. The normalized spacial score (nSPS) is 10.6. The lowest BCUT2D eigenvalue weighted by Gasteiger charge is -2.10. The quantitative estimate of drug-likeness (QED) is 0.661. The van der Waals surface area contributed by atoms with Gasteiger partial charge in [-0.1, -0.05) is 23.9 Å². The smallest absolute Gasteiger partial charge is 0.260 e. The van der Waals surface area contributed by atoms with Crippen LogP contribution in [0.15, 0.2) is 51.8 Å². The minimum absolute atomic E-state index is 0.0486. The highest BCUT2D eigenvalue weighted by molar-refractivity contribution is 7.99. The fourth-order valence-electron chi connectivity index (χ4n) is 2.35. The fourth-order valence-corrected chi connectivity index (χ4v) is 4.13. The molecule has 0 unspecified atom stereocenters. The molecule has 2 heterocycles. The summed E-state index contributed by atoms with van der Waals surface area (Å²) in [7, 11) is 0. The summed E-state index contributed by atoms with van der Waals surface area (Å²) in [6.45, 7) is 4.06. The average Bonchev–Trinajstić information content (AvgIpc) is 3.04. The molecule has 3 N–H and O–H groups in total. The van der Waals surface area contributed by atoms with Crippen molar-refractivity contribution < 1.29 is 9.59 Å². The van der Waals surface area contributed by atoms with Gasteiger partial charge in [0, 0.05) is 16.5 Å². The van der Waals surface area contributed by atoms with E-state index in [-0.39, 0.29) is 12.3 Å². The van der Waals surface area contributed by atoms with E-state index < -0.39 is 5.91 Å². The summed E-state index contributed by atoms with van der Waals surface area (Å²) in [4.78, 5) is 33.3. The number of primary amides is 1. The van der Waals surface area contributed by atoms with Crippen LogP contribution in [0.4, 0.5) is 5.13 Å². The number of aryl methyl sites for hydroxylation is 2. The molecule has 0 radical (unpaired) electrons. The maximum absolute atomic E-state index is 12.7. The first-order chi connectivity index (χ1) is 12.9. The second-order valence-corrected chi connectivity index (χ2v) is 7.86. The number of aromatic nitrogens is 2. The molecule has 2 amide bonds. The largest absolute Gasteiger partial charge is 0.369 e. The Labute approximate surface area is 165 Å². The molecule has 0 fully saturated rings. The minimum atomic E-state index is -0.461. The summed E-state index contributed by atoms with van der Waals surface area (Å²) in [6.07, 6.45) is 1.71. The van der Waals surface area contributed by atoms with E-state index in [9.17, 15) is 9.59 Å². The van der Waals surface area contributed by atoms with E-state index in [1.54, 1.807) is 23.7 Å². The highest BCUT2D eigenvalue weighted by Gasteiger charge is 2.16. The molecule has 138 valence electrons. The van der Waals surface area contributed by atoms with E-state index in [1.165, 1.54) is 23.1 Å².